The van der Waals surface area contributed by atoms with E-state index >= 15 is 0 Å². The Morgan fingerprint density at radius 1 is 0.935 bits per heavy atom. The Bertz CT molecular complexity index is 1220. The fraction of sp³-hybridized carbons (Fsp3) is 0.111. The van der Waals surface area contributed by atoms with Crippen LogP contribution in [0.3, 0.4) is 0 Å². The van der Waals surface area contributed by atoms with Crippen LogP contribution in [0.15, 0.2) is 91.1 Å². The summed E-state index contributed by atoms with van der Waals surface area (Å²) in [6, 6.07) is 24.5. The fourth-order valence-electron chi connectivity index (χ4n) is 3.64. The molecule has 4 rings (SSSR count). The average molecular weight is 409 g/mol. The van der Waals surface area contributed by atoms with Crippen LogP contribution in [-0.2, 0) is 16.0 Å². The van der Waals surface area contributed by atoms with Gasteiger partial charge in [-0.2, -0.15) is 0 Å². The molecule has 154 valence electrons. The lowest BCUT2D eigenvalue weighted by atomic mass is 9.98. The number of benzene rings is 3. The number of para-hydroxylation sites is 1. The first-order chi connectivity index (χ1) is 15.2. The zero-order chi connectivity index (χ0) is 21.6. The summed E-state index contributed by atoms with van der Waals surface area (Å²) in [5.41, 5.74) is 4.10. The van der Waals surface area contributed by atoms with Crippen LogP contribution >= 0.6 is 0 Å². The summed E-state index contributed by atoms with van der Waals surface area (Å²) in [4.78, 5) is 29.3. The Labute approximate surface area is 181 Å². The first kappa shape index (κ1) is 20.4. The van der Waals surface area contributed by atoms with Gasteiger partial charge in [-0.15, -0.1) is 0 Å². The summed E-state index contributed by atoms with van der Waals surface area (Å²) in [5.74, 6) is -0.827. The number of carbonyl (C=O) groups excluding carboxylic acids is 2. The lowest BCUT2D eigenvalue weighted by Crippen LogP contribution is -2.19. The first-order valence-electron chi connectivity index (χ1n) is 10.3. The van der Waals surface area contributed by atoms with E-state index in [1.807, 2.05) is 66.7 Å². The van der Waals surface area contributed by atoms with E-state index in [-0.39, 0.29) is 5.78 Å². The molecule has 0 aliphatic heterocycles. The molecule has 0 amide bonds. The number of ether oxygens (including phenoxy) is 1. The maximum absolute atomic E-state index is 13.5. The topological polar surface area (TPSA) is 59.2 Å². The second-order valence-electron chi connectivity index (χ2n) is 7.23. The van der Waals surface area contributed by atoms with Crippen molar-refractivity contribution in [2.75, 3.05) is 0 Å². The summed E-state index contributed by atoms with van der Waals surface area (Å²) in [6.45, 7) is 2.07. The van der Waals surface area contributed by atoms with E-state index in [9.17, 15) is 9.59 Å². The fourth-order valence-corrected chi connectivity index (χ4v) is 3.64. The van der Waals surface area contributed by atoms with Crippen LogP contribution in [0.2, 0.25) is 0 Å². The zero-order valence-corrected chi connectivity index (χ0v) is 17.2. The zero-order valence-electron chi connectivity index (χ0n) is 17.2. The third-order valence-electron chi connectivity index (χ3n) is 5.23. The largest absolute Gasteiger partial charge is 0.446 e. The number of nitrogens with one attached hydrogen (secondary N) is 1. The maximum atomic E-state index is 13.5. The molecule has 0 aliphatic carbocycles. The minimum atomic E-state index is -1.03. The Kier molecular flexibility index (Phi) is 6.08. The standard InChI is InChI=1S/C27H23NO3/c1-2-20-14-9-15-22-23(18-28-25(20)22)26(30)27(21-12-7-4-8-13-21)31-24(29)17-16-19-10-5-3-6-11-19/h3-18,27-28H,2H2,1H3/b17-16+/t27-/m1/s1. The summed E-state index contributed by atoms with van der Waals surface area (Å²) in [5, 5.41) is 0.834. The van der Waals surface area contributed by atoms with Crippen LogP contribution in [0, 0.1) is 0 Å². The van der Waals surface area contributed by atoms with Gasteiger partial charge in [0.2, 0.25) is 5.78 Å². The number of fused-ring (bicyclic) bond motifs is 1. The van der Waals surface area contributed by atoms with Gasteiger partial charge in [-0.25, -0.2) is 4.79 Å². The van der Waals surface area contributed by atoms with Crippen molar-refractivity contribution < 1.29 is 14.3 Å². The molecule has 1 atom stereocenters. The van der Waals surface area contributed by atoms with Gasteiger partial charge in [0.05, 0.1) is 0 Å². The second-order valence-corrected chi connectivity index (χ2v) is 7.23. The van der Waals surface area contributed by atoms with Gasteiger partial charge in [-0.05, 0) is 23.6 Å². The number of hydrogen-bond acceptors (Lipinski definition) is 3. The van der Waals surface area contributed by atoms with Gasteiger partial charge in [0.25, 0.3) is 0 Å². The first-order valence-corrected chi connectivity index (χ1v) is 10.3. The highest BCUT2D eigenvalue weighted by Gasteiger charge is 2.27. The number of Topliss-reactive ketones (excluding diaryl/α,β-unsaturated/α-hetero) is 1. The van der Waals surface area contributed by atoms with Crippen LogP contribution in [0.25, 0.3) is 17.0 Å². The lowest BCUT2D eigenvalue weighted by molar-refractivity contribution is -0.141. The monoisotopic (exact) mass is 409 g/mol. The molecular formula is C27H23NO3. The van der Waals surface area contributed by atoms with Crippen molar-refractivity contribution in [3.05, 3.63) is 113 Å². The maximum Gasteiger partial charge on any atom is 0.331 e. The highest BCUT2D eigenvalue weighted by molar-refractivity contribution is 6.11. The molecule has 31 heavy (non-hydrogen) atoms. The van der Waals surface area contributed by atoms with Crippen LogP contribution in [0.1, 0.15) is 40.1 Å². The number of ketones is 1. The molecule has 1 aromatic heterocycles. The van der Waals surface area contributed by atoms with Gasteiger partial charge >= 0.3 is 5.97 Å². The van der Waals surface area contributed by atoms with Crippen LogP contribution < -0.4 is 0 Å². The molecule has 0 unspecified atom stereocenters. The predicted octanol–water partition coefficient (Wildman–Crippen LogP) is 5.91. The lowest BCUT2D eigenvalue weighted by Gasteiger charge is -2.16. The van der Waals surface area contributed by atoms with E-state index < -0.39 is 12.1 Å². The number of aromatic nitrogens is 1. The SMILES string of the molecule is CCc1cccc2c(C(=O)[C@H](OC(=O)/C=C/c3ccccc3)c3ccccc3)c[nH]c12. The number of rotatable bonds is 7. The van der Waals surface area contributed by atoms with E-state index in [4.69, 9.17) is 4.74 Å². The molecular weight excluding hydrogens is 386 g/mol. The highest BCUT2D eigenvalue weighted by atomic mass is 16.5. The second kappa shape index (κ2) is 9.26. The van der Waals surface area contributed by atoms with Crippen molar-refractivity contribution in [1.82, 2.24) is 4.98 Å². The van der Waals surface area contributed by atoms with Gasteiger partial charge in [-0.3, -0.25) is 4.79 Å². The van der Waals surface area contributed by atoms with Crippen LogP contribution in [-0.4, -0.2) is 16.7 Å². The molecule has 4 aromatic rings. The van der Waals surface area contributed by atoms with E-state index in [0.29, 0.717) is 11.1 Å². The molecule has 0 bridgehead atoms. The predicted molar refractivity (Wildman–Crippen MR) is 123 cm³/mol. The Morgan fingerprint density at radius 3 is 2.35 bits per heavy atom. The normalized spacial score (nSPS) is 12.2. The van der Waals surface area contributed by atoms with Gasteiger partial charge in [-0.1, -0.05) is 85.8 Å². The number of aryl methyl sites for hydroxylation is 1. The Morgan fingerprint density at radius 2 is 1.65 bits per heavy atom. The quantitative estimate of drug-likeness (QED) is 0.234. The molecule has 3 aromatic carbocycles. The molecule has 0 saturated carbocycles. The number of carbonyl (C=O) groups is 2. The average Bonchev–Trinajstić information content (AvgIpc) is 3.26. The van der Waals surface area contributed by atoms with Gasteiger partial charge in [0, 0.05) is 34.3 Å². The highest BCUT2D eigenvalue weighted by Crippen LogP contribution is 2.29. The number of aromatic amines is 1. The third kappa shape index (κ3) is 4.48. The van der Waals surface area contributed by atoms with Crippen molar-refractivity contribution in [2.45, 2.75) is 19.4 Å². The Balaban J connectivity index is 1.65. The smallest absolute Gasteiger partial charge is 0.331 e. The van der Waals surface area contributed by atoms with Crippen molar-refractivity contribution in [3.8, 4) is 0 Å². The number of hydrogen-bond donors (Lipinski definition) is 1. The molecule has 4 heteroatoms. The molecule has 0 fully saturated rings. The minimum absolute atomic E-state index is 0.257. The van der Waals surface area contributed by atoms with Crippen LogP contribution in [0.5, 0.6) is 0 Å². The van der Waals surface area contributed by atoms with E-state index in [1.165, 1.54) is 6.08 Å². The van der Waals surface area contributed by atoms with Crippen molar-refractivity contribution >= 4 is 28.7 Å². The summed E-state index contributed by atoms with van der Waals surface area (Å²) >= 11 is 0. The molecule has 0 spiro atoms. The summed E-state index contributed by atoms with van der Waals surface area (Å²) in [7, 11) is 0. The van der Waals surface area contributed by atoms with Crippen molar-refractivity contribution in [2.24, 2.45) is 0 Å². The number of H-pyrrole nitrogens is 1. The van der Waals surface area contributed by atoms with E-state index in [0.717, 1.165) is 28.5 Å². The molecule has 4 nitrogen and oxygen atoms in total. The van der Waals surface area contributed by atoms with E-state index in [2.05, 4.69) is 11.9 Å². The van der Waals surface area contributed by atoms with Gasteiger partial charge in [0.15, 0.2) is 6.10 Å². The summed E-state index contributed by atoms with van der Waals surface area (Å²) in [6.07, 6.45) is 4.55. The molecule has 0 saturated heterocycles. The van der Waals surface area contributed by atoms with Gasteiger partial charge in [0.1, 0.15) is 0 Å². The third-order valence-corrected chi connectivity index (χ3v) is 5.23. The number of esters is 1. The van der Waals surface area contributed by atoms with Gasteiger partial charge < -0.3 is 9.72 Å². The Hall–Kier alpha value is -3.92. The summed E-state index contributed by atoms with van der Waals surface area (Å²) < 4.78 is 5.66. The minimum Gasteiger partial charge on any atom is -0.446 e. The van der Waals surface area contributed by atoms with E-state index in [1.54, 1.807) is 24.4 Å². The molecule has 1 N–H and O–H groups in total. The molecule has 1 heterocycles. The van der Waals surface area contributed by atoms with Crippen molar-refractivity contribution in [1.29, 1.82) is 0 Å². The molecule has 0 aliphatic rings. The van der Waals surface area contributed by atoms with Crippen LogP contribution in [0.4, 0.5) is 0 Å². The molecule has 0 radical (unpaired) electrons. The van der Waals surface area contributed by atoms with Crippen molar-refractivity contribution in [3.63, 3.8) is 0 Å².